The molecule has 0 saturated heterocycles. The van der Waals surface area contributed by atoms with E-state index in [-0.39, 0.29) is 11.3 Å². The molecular formula is C18H18N2O2. The highest BCUT2D eigenvalue weighted by Crippen LogP contribution is 2.35. The van der Waals surface area contributed by atoms with Crippen LogP contribution in [0.15, 0.2) is 29.1 Å². The molecule has 0 fully saturated rings. The summed E-state index contributed by atoms with van der Waals surface area (Å²) < 4.78 is 0. The fourth-order valence-corrected chi connectivity index (χ4v) is 3.06. The van der Waals surface area contributed by atoms with Gasteiger partial charge in [-0.1, -0.05) is 17.7 Å². The molecule has 3 rings (SSSR count). The molecule has 0 bridgehead atoms. The average Bonchev–Trinajstić information content (AvgIpc) is 2.40. The Morgan fingerprint density at radius 1 is 1.00 bits per heavy atom. The molecule has 4 heteroatoms. The molecular weight excluding hydrogens is 276 g/mol. The molecule has 22 heavy (non-hydrogen) atoms. The van der Waals surface area contributed by atoms with Crippen LogP contribution in [0.5, 0.6) is 5.75 Å². The number of benzene rings is 1. The molecule has 0 radical (unpaired) electrons. The Kier molecular flexibility index (Phi) is 3.24. The minimum Gasteiger partial charge on any atom is -0.506 e. The Labute approximate surface area is 128 Å². The van der Waals surface area contributed by atoms with Crippen LogP contribution in [-0.2, 0) is 0 Å². The summed E-state index contributed by atoms with van der Waals surface area (Å²) in [5.74, 6) is -0.0127. The van der Waals surface area contributed by atoms with E-state index >= 15 is 0 Å². The number of aryl methyl sites for hydroxylation is 4. The zero-order valence-corrected chi connectivity index (χ0v) is 13.1. The lowest BCUT2D eigenvalue weighted by Crippen LogP contribution is -2.12. The first-order valence-electron chi connectivity index (χ1n) is 7.19. The molecule has 3 aromatic rings. The second-order valence-corrected chi connectivity index (χ2v) is 5.80. The third-order valence-electron chi connectivity index (χ3n) is 3.91. The van der Waals surface area contributed by atoms with E-state index in [4.69, 9.17) is 0 Å². The average molecular weight is 294 g/mol. The summed E-state index contributed by atoms with van der Waals surface area (Å²) in [6.45, 7) is 7.76. The van der Waals surface area contributed by atoms with Crippen LogP contribution in [0.4, 0.5) is 0 Å². The van der Waals surface area contributed by atoms with Gasteiger partial charge in [-0.05, 0) is 56.5 Å². The summed E-state index contributed by atoms with van der Waals surface area (Å²) >= 11 is 0. The van der Waals surface area contributed by atoms with E-state index < -0.39 is 0 Å². The molecule has 0 aliphatic carbocycles. The smallest absolute Gasteiger partial charge is 0.261 e. The normalized spacial score (nSPS) is 11.1. The van der Waals surface area contributed by atoms with Gasteiger partial charge in [-0.2, -0.15) is 0 Å². The SMILES string of the molecule is Cc1cc(C)c(-c2c(O)c3ccc(C)nc3[nH]c2=O)c(C)c1. The van der Waals surface area contributed by atoms with Crippen molar-refractivity contribution in [3.8, 4) is 16.9 Å². The quantitative estimate of drug-likeness (QED) is 0.721. The van der Waals surface area contributed by atoms with Crippen LogP contribution in [0.1, 0.15) is 22.4 Å². The van der Waals surface area contributed by atoms with Gasteiger partial charge in [0.25, 0.3) is 5.56 Å². The van der Waals surface area contributed by atoms with Gasteiger partial charge in [-0.25, -0.2) is 4.98 Å². The summed E-state index contributed by atoms with van der Waals surface area (Å²) in [4.78, 5) is 19.6. The molecule has 0 atom stereocenters. The number of nitrogens with one attached hydrogen (secondary N) is 1. The molecule has 1 aromatic carbocycles. The molecule has 0 aliphatic heterocycles. The fourth-order valence-electron chi connectivity index (χ4n) is 3.06. The van der Waals surface area contributed by atoms with Crippen LogP contribution < -0.4 is 5.56 Å². The monoisotopic (exact) mass is 294 g/mol. The number of nitrogens with zero attached hydrogens (tertiary/aromatic N) is 1. The predicted molar refractivity (Wildman–Crippen MR) is 88.4 cm³/mol. The first-order valence-corrected chi connectivity index (χ1v) is 7.19. The van der Waals surface area contributed by atoms with E-state index in [1.165, 1.54) is 0 Å². The van der Waals surface area contributed by atoms with E-state index in [0.29, 0.717) is 16.6 Å². The Hall–Kier alpha value is -2.62. The number of rotatable bonds is 1. The van der Waals surface area contributed by atoms with E-state index in [1.807, 2.05) is 45.9 Å². The number of aromatic hydroxyl groups is 1. The van der Waals surface area contributed by atoms with Crippen molar-refractivity contribution < 1.29 is 5.11 Å². The lowest BCUT2D eigenvalue weighted by atomic mass is 9.93. The number of aromatic nitrogens is 2. The molecule has 0 unspecified atom stereocenters. The van der Waals surface area contributed by atoms with Crippen molar-refractivity contribution in [3.05, 3.63) is 57.0 Å². The van der Waals surface area contributed by atoms with Gasteiger partial charge in [-0.3, -0.25) is 4.79 Å². The standard InChI is InChI=1S/C18H18N2O2/c1-9-7-10(2)14(11(3)8-9)15-16(21)13-6-5-12(4)19-17(13)20-18(15)22/h5-8H,1-4H3,(H2,19,20,21,22). The number of fused-ring (bicyclic) bond motifs is 1. The van der Waals surface area contributed by atoms with Gasteiger partial charge in [-0.15, -0.1) is 0 Å². The van der Waals surface area contributed by atoms with Crippen LogP contribution in [0.2, 0.25) is 0 Å². The number of hydrogen-bond donors (Lipinski definition) is 2. The minimum atomic E-state index is -0.321. The molecule has 112 valence electrons. The maximum absolute atomic E-state index is 12.5. The minimum absolute atomic E-state index is 0.0127. The zero-order chi connectivity index (χ0) is 16.0. The number of H-pyrrole nitrogens is 1. The first kappa shape index (κ1) is 14.3. The van der Waals surface area contributed by atoms with E-state index in [1.54, 1.807) is 6.07 Å². The van der Waals surface area contributed by atoms with Crippen LogP contribution in [0.25, 0.3) is 22.2 Å². The van der Waals surface area contributed by atoms with Gasteiger partial charge in [0.15, 0.2) is 0 Å². The lowest BCUT2D eigenvalue weighted by Gasteiger charge is -2.13. The molecule has 0 aliphatic rings. The number of aromatic amines is 1. The summed E-state index contributed by atoms with van der Waals surface area (Å²) in [6.07, 6.45) is 0. The Balaban J connectivity index is 2.42. The van der Waals surface area contributed by atoms with Gasteiger partial charge >= 0.3 is 0 Å². The highest BCUT2D eigenvalue weighted by molar-refractivity contribution is 5.91. The first-order chi connectivity index (χ1) is 10.4. The maximum atomic E-state index is 12.5. The second-order valence-electron chi connectivity index (χ2n) is 5.80. The van der Waals surface area contributed by atoms with E-state index in [0.717, 1.165) is 27.9 Å². The molecule has 0 amide bonds. The lowest BCUT2D eigenvalue weighted by molar-refractivity contribution is 0.482. The van der Waals surface area contributed by atoms with Crippen molar-refractivity contribution in [3.63, 3.8) is 0 Å². The molecule has 4 nitrogen and oxygen atoms in total. The maximum Gasteiger partial charge on any atom is 0.261 e. The van der Waals surface area contributed by atoms with Crippen LogP contribution in [0, 0.1) is 27.7 Å². The second kappa shape index (κ2) is 4.98. The van der Waals surface area contributed by atoms with Crippen molar-refractivity contribution in [2.24, 2.45) is 0 Å². The van der Waals surface area contributed by atoms with Crippen molar-refractivity contribution in [2.75, 3.05) is 0 Å². The van der Waals surface area contributed by atoms with Crippen molar-refractivity contribution in [1.82, 2.24) is 9.97 Å². The van der Waals surface area contributed by atoms with Gasteiger partial charge < -0.3 is 10.1 Å². The number of hydrogen-bond acceptors (Lipinski definition) is 3. The van der Waals surface area contributed by atoms with Gasteiger partial charge in [0, 0.05) is 5.69 Å². The van der Waals surface area contributed by atoms with E-state index in [9.17, 15) is 9.90 Å². The Morgan fingerprint density at radius 3 is 2.27 bits per heavy atom. The van der Waals surface area contributed by atoms with Crippen LogP contribution >= 0.6 is 0 Å². The molecule has 0 saturated carbocycles. The van der Waals surface area contributed by atoms with Gasteiger partial charge in [0.1, 0.15) is 11.4 Å². The van der Waals surface area contributed by atoms with Crippen molar-refractivity contribution >= 4 is 11.0 Å². The molecule has 2 aromatic heterocycles. The predicted octanol–water partition coefficient (Wildman–Crippen LogP) is 3.53. The Bertz CT molecular complexity index is 932. The van der Waals surface area contributed by atoms with Gasteiger partial charge in [0.05, 0.1) is 10.9 Å². The van der Waals surface area contributed by atoms with Crippen molar-refractivity contribution in [2.45, 2.75) is 27.7 Å². The third-order valence-corrected chi connectivity index (χ3v) is 3.91. The highest BCUT2D eigenvalue weighted by atomic mass is 16.3. The molecule has 0 spiro atoms. The molecule has 2 N–H and O–H groups in total. The summed E-state index contributed by atoms with van der Waals surface area (Å²) in [7, 11) is 0. The van der Waals surface area contributed by atoms with Crippen molar-refractivity contribution in [1.29, 1.82) is 0 Å². The Morgan fingerprint density at radius 2 is 1.64 bits per heavy atom. The summed E-state index contributed by atoms with van der Waals surface area (Å²) in [5.41, 5.74) is 5.05. The van der Waals surface area contributed by atoms with Crippen LogP contribution in [-0.4, -0.2) is 15.1 Å². The summed E-state index contributed by atoms with van der Waals surface area (Å²) in [6, 6.07) is 7.63. The fraction of sp³-hybridized carbons (Fsp3) is 0.222. The topological polar surface area (TPSA) is 66.0 Å². The molecule has 2 heterocycles. The largest absolute Gasteiger partial charge is 0.506 e. The number of pyridine rings is 2. The third kappa shape index (κ3) is 2.17. The summed E-state index contributed by atoms with van der Waals surface area (Å²) in [5, 5.41) is 11.2. The van der Waals surface area contributed by atoms with E-state index in [2.05, 4.69) is 9.97 Å². The highest BCUT2D eigenvalue weighted by Gasteiger charge is 2.18. The zero-order valence-electron chi connectivity index (χ0n) is 13.1. The van der Waals surface area contributed by atoms with Gasteiger partial charge in [0.2, 0.25) is 0 Å². The van der Waals surface area contributed by atoms with Crippen LogP contribution in [0.3, 0.4) is 0 Å².